The monoisotopic (exact) mass is 312 g/mol. The zero-order valence-electron chi connectivity index (χ0n) is 11.2. The minimum Gasteiger partial charge on any atom is -0.462 e. The third-order valence-electron chi connectivity index (χ3n) is 2.57. The summed E-state index contributed by atoms with van der Waals surface area (Å²) in [6.45, 7) is 1.71. The third-order valence-corrected chi connectivity index (χ3v) is 3.41. The molecular weight excluding hydrogens is 300 g/mol. The molecule has 0 saturated heterocycles. The van der Waals surface area contributed by atoms with Crippen LogP contribution in [0.2, 0.25) is 0 Å². The molecule has 0 aliphatic heterocycles. The van der Waals surface area contributed by atoms with E-state index >= 15 is 0 Å². The molecule has 2 rings (SSSR count). The maximum absolute atomic E-state index is 12.2. The quantitative estimate of drug-likeness (QED) is 0.568. The van der Waals surface area contributed by atoms with Crippen LogP contribution in [-0.4, -0.2) is 42.2 Å². The predicted molar refractivity (Wildman–Crippen MR) is 73.6 cm³/mol. The Morgan fingerprint density at radius 2 is 2.10 bits per heavy atom. The SMILES string of the molecule is CCOC(=O)c1c[nH]c2nc(S(C)(=O)=O)nc(N)c2c1=O. The molecule has 0 aliphatic rings. The van der Waals surface area contributed by atoms with Crippen LogP contribution < -0.4 is 11.2 Å². The Balaban J connectivity index is 2.76. The number of H-pyrrole nitrogens is 1. The number of nitrogens with one attached hydrogen (secondary N) is 1. The summed E-state index contributed by atoms with van der Waals surface area (Å²) in [6.07, 6.45) is 2.01. The van der Waals surface area contributed by atoms with Crippen molar-refractivity contribution in [3.63, 3.8) is 0 Å². The van der Waals surface area contributed by atoms with Gasteiger partial charge in [0.15, 0.2) is 0 Å². The van der Waals surface area contributed by atoms with Gasteiger partial charge in [0.2, 0.25) is 15.3 Å². The fourth-order valence-corrected chi connectivity index (χ4v) is 2.17. The highest BCUT2D eigenvalue weighted by Crippen LogP contribution is 2.15. The lowest BCUT2D eigenvalue weighted by atomic mass is 10.2. The average Bonchev–Trinajstić information content (AvgIpc) is 2.37. The Hall–Kier alpha value is -2.49. The van der Waals surface area contributed by atoms with Crippen molar-refractivity contribution in [1.82, 2.24) is 15.0 Å². The number of nitrogens with zero attached hydrogens (tertiary/aromatic N) is 2. The number of nitrogens with two attached hydrogens (primary N) is 1. The number of carbonyl (C=O) groups excluding carboxylic acids is 1. The van der Waals surface area contributed by atoms with Crippen molar-refractivity contribution >= 4 is 32.7 Å². The largest absolute Gasteiger partial charge is 0.462 e. The second-order valence-electron chi connectivity index (χ2n) is 4.14. The number of aromatic nitrogens is 3. The molecule has 0 fully saturated rings. The van der Waals surface area contributed by atoms with Crippen LogP contribution in [0.4, 0.5) is 5.82 Å². The highest BCUT2D eigenvalue weighted by molar-refractivity contribution is 7.90. The van der Waals surface area contributed by atoms with Crippen LogP contribution in [0.5, 0.6) is 0 Å². The first-order valence-electron chi connectivity index (χ1n) is 5.81. The molecule has 3 N–H and O–H groups in total. The van der Waals surface area contributed by atoms with E-state index in [4.69, 9.17) is 10.5 Å². The Kier molecular flexibility index (Phi) is 3.64. The number of nitrogen functional groups attached to an aromatic ring is 1. The van der Waals surface area contributed by atoms with Crippen molar-refractivity contribution in [2.24, 2.45) is 0 Å². The molecule has 2 aromatic rings. The van der Waals surface area contributed by atoms with Crippen molar-refractivity contribution in [3.05, 3.63) is 22.0 Å². The van der Waals surface area contributed by atoms with Crippen LogP contribution in [-0.2, 0) is 14.6 Å². The number of aromatic amines is 1. The normalized spacial score (nSPS) is 11.5. The van der Waals surface area contributed by atoms with E-state index in [2.05, 4.69) is 15.0 Å². The summed E-state index contributed by atoms with van der Waals surface area (Å²) in [7, 11) is -3.68. The third kappa shape index (κ3) is 2.70. The molecule has 0 saturated carbocycles. The lowest BCUT2D eigenvalue weighted by Gasteiger charge is -2.05. The molecule has 0 aliphatic carbocycles. The van der Waals surface area contributed by atoms with E-state index < -0.39 is 26.4 Å². The van der Waals surface area contributed by atoms with Gasteiger partial charge in [0, 0.05) is 12.5 Å². The molecule has 0 atom stereocenters. The summed E-state index contributed by atoms with van der Waals surface area (Å²) < 4.78 is 27.6. The van der Waals surface area contributed by atoms with Gasteiger partial charge in [0.05, 0.1) is 6.61 Å². The minimum absolute atomic E-state index is 0.0685. The number of fused-ring (bicyclic) bond motifs is 1. The van der Waals surface area contributed by atoms with Crippen LogP contribution in [0.1, 0.15) is 17.3 Å². The summed E-state index contributed by atoms with van der Waals surface area (Å²) in [6, 6.07) is 0. The Morgan fingerprint density at radius 3 is 2.67 bits per heavy atom. The second-order valence-corrected chi connectivity index (χ2v) is 6.05. The molecule has 2 aromatic heterocycles. The summed E-state index contributed by atoms with van der Waals surface area (Å²) in [5.74, 6) is -1.14. The van der Waals surface area contributed by atoms with Gasteiger partial charge in [0.1, 0.15) is 22.4 Å². The number of rotatable bonds is 3. The lowest BCUT2D eigenvalue weighted by Crippen LogP contribution is -2.20. The smallest absolute Gasteiger partial charge is 0.343 e. The van der Waals surface area contributed by atoms with E-state index in [9.17, 15) is 18.0 Å². The van der Waals surface area contributed by atoms with Crippen LogP contribution >= 0.6 is 0 Å². The van der Waals surface area contributed by atoms with Gasteiger partial charge in [0.25, 0.3) is 5.16 Å². The van der Waals surface area contributed by atoms with Crippen molar-refractivity contribution in [1.29, 1.82) is 0 Å². The van der Waals surface area contributed by atoms with Gasteiger partial charge < -0.3 is 15.5 Å². The van der Waals surface area contributed by atoms with Crippen molar-refractivity contribution in [3.8, 4) is 0 Å². The fourth-order valence-electron chi connectivity index (χ4n) is 1.65. The first-order valence-corrected chi connectivity index (χ1v) is 7.71. The molecule has 9 nitrogen and oxygen atoms in total. The second kappa shape index (κ2) is 5.13. The summed E-state index contributed by atoms with van der Waals surface area (Å²) in [4.78, 5) is 33.7. The number of pyridine rings is 1. The van der Waals surface area contributed by atoms with E-state index in [1.54, 1.807) is 6.92 Å². The number of anilines is 1. The highest BCUT2D eigenvalue weighted by atomic mass is 32.2. The Morgan fingerprint density at radius 1 is 1.43 bits per heavy atom. The van der Waals surface area contributed by atoms with Crippen LogP contribution in [0, 0.1) is 0 Å². The van der Waals surface area contributed by atoms with Crippen molar-refractivity contribution in [2.45, 2.75) is 12.1 Å². The standard InChI is InChI=1S/C11H12N4O5S/c1-3-20-10(17)5-4-13-9-6(7(5)16)8(12)14-11(15-9)21(2,18)19/h4H,3H2,1-2H3,(H3,12,13,14,15,16). The number of sulfone groups is 1. The van der Waals surface area contributed by atoms with Gasteiger partial charge >= 0.3 is 5.97 Å². The van der Waals surface area contributed by atoms with Crippen LogP contribution in [0.25, 0.3) is 11.0 Å². The van der Waals surface area contributed by atoms with Gasteiger partial charge in [-0.25, -0.2) is 18.2 Å². The fraction of sp³-hybridized carbons (Fsp3) is 0.273. The van der Waals surface area contributed by atoms with Gasteiger partial charge in [-0.15, -0.1) is 0 Å². The van der Waals surface area contributed by atoms with Gasteiger partial charge in [-0.2, -0.15) is 4.98 Å². The molecule has 2 heterocycles. The summed E-state index contributed by atoms with van der Waals surface area (Å²) >= 11 is 0. The predicted octanol–water partition coefficient (Wildman–Crippen LogP) is -0.520. The molecule has 112 valence electrons. The zero-order valence-corrected chi connectivity index (χ0v) is 12.0. The lowest BCUT2D eigenvalue weighted by molar-refractivity contribution is 0.0524. The molecule has 21 heavy (non-hydrogen) atoms. The van der Waals surface area contributed by atoms with Crippen molar-refractivity contribution in [2.75, 3.05) is 18.6 Å². The molecule has 0 radical (unpaired) electrons. The molecule has 0 bridgehead atoms. The first kappa shape index (κ1) is 14.9. The number of carbonyl (C=O) groups is 1. The van der Waals surface area contributed by atoms with E-state index in [0.29, 0.717) is 0 Å². The van der Waals surface area contributed by atoms with E-state index in [-0.39, 0.29) is 29.0 Å². The molecule has 10 heteroatoms. The molecular formula is C11H12N4O5S. The highest BCUT2D eigenvalue weighted by Gasteiger charge is 2.20. The van der Waals surface area contributed by atoms with E-state index in [1.165, 1.54) is 0 Å². The first-order chi connectivity index (χ1) is 9.75. The average molecular weight is 312 g/mol. The number of ether oxygens (including phenoxy) is 1. The Bertz CT molecular complexity index is 887. The van der Waals surface area contributed by atoms with Crippen LogP contribution in [0.15, 0.2) is 16.1 Å². The Labute approximate surface area is 119 Å². The van der Waals surface area contributed by atoms with Gasteiger partial charge in [-0.05, 0) is 6.92 Å². The zero-order chi connectivity index (χ0) is 15.8. The van der Waals surface area contributed by atoms with E-state index in [0.717, 1.165) is 12.5 Å². The summed E-state index contributed by atoms with van der Waals surface area (Å²) in [5, 5.41) is -0.667. The molecule has 0 amide bonds. The molecule has 0 spiro atoms. The van der Waals surface area contributed by atoms with Crippen molar-refractivity contribution < 1.29 is 17.9 Å². The van der Waals surface area contributed by atoms with Gasteiger partial charge in [-0.3, -0.25) is 4.79 Å². The maximum atomic E-state index is 12.2. The minimum atomic E-state index is -3.68. The molecule has 0 unspecified atom stereocenters. The number of esters is 1. The molecule has 0 aromatic carbocycles. The number of hydrogen-bond acceptors (Lipinski definition) is 8. The van der Waals surface area contributed by atoms with Crippen LogP contribution in [0.3, 0.4) is 0 Å². The van der Waals surface area contributed by atoms with Gasteiger partial charge in [-0.1, -0.05) is 0 Å². The number of hydrogen-bond donors (Lipinski definition) is 2. The maximum Gasteiger partial charge on any atom is 0.343 e. The topological polar surface area (TPSA) is 145 Å². The van der Waals surface area contributed by atoms with E-state index in [1.807, 2.05) is 0 Å². The summed E-state index contributed by atoms with van der Waals surface area (Å²) in [5.41, 5.74) is 4.56.